The normalized spacial score (nSPS) is 18.6. The molecule has 1 saturated heterocycles. The van der Waals surface area contributed by atoms with Crippen LogP contribution in [0.5, 0.6) is 0 Å². The van der Waals surface area contributed by atoms with Crippen molar-refractivity contribution in [2.75, 3.05) is 10.7 Å². The predicted octanol–water partition coefficient (Wildman–Crippen LogP) is 3.93. The summed E-state index contributed by atoms with van der Waals surface area (Å²) in [6.07, 6.45) is 3.58. The molecule has 0 spiro atoms. The van der Waals surface area contributed by atoms with Gasteiger partial charge < -0.3 is 0 Å². The molecule has 2 heterocycles. The molecular weight excluding hydrogens is 336 g/mol. The molecule has 102 valence electrons. The summed E-state index contributed by atoms with van der Waals surface area (Å²) < 4.78 is 1.05. The van der Waals surface area contributed by atoms with Crippen LogP contribution in [0.3, 0.4) is 0 Å². The van der Waals surface area contributed by atoms with Crippen molar-refractivity contribution < 1.29 is 4.79 Å². The highest BCUT2D eigenvalue weighted by Gasteiger charge is 2.34. The number of amides is 1. The van der Waals surface area contributed by atoms with Gasteiger partial charge in [-0.1, -0.05) is 22.0 Å². The Labute approximate surface area is 130 Å². The lowest BCUT2D eigenvalue weighted by Crippen LogP contribution is -2.27. The number of hydrogen-bond donors (Lipinski definition) is 0. The fraction of sp³-hybridized carbons (Fsp3) is 0.200. The van der Waals surface area contributed by atoms with Crippen LogP contribution >= 0.6 is 27.7 Å². The van der Waals surface area contributed by atoms with Crippen molar-refractivity contribution in [1.29, 1.82) is 0 Å². The van der Waals surface area contributed by atoms with Crippen LogP contribution in [0.1, 0.15) is 16.5 Å². The average Bonchev–Trinajstić information content (AvgIpc) is 2.85. The third-order valence-electron chi connectivity index (χ3n) is 3.26. The van der Waals surface area contributed by atoms with Gasteiger partial charge in [0, 0.05) is 28.1 Å². The molecule has 0 N–H and O–H groups in total. The van der Waals surface area contributed by atoms with Crippen molar-refractivity contribution in [2.24, 2.45) is 0 Å². The number of thioether (sulfide) groups is 1. The summed E-state index contributed by atoms with van der Waals surface area (Å²) in [5.41, 5.74) is 3.12. The molecule has 0 saturated carbocycles. The molecule has 3 rings (SSSR count). The first-order valence-electron chi connectivity index (χ1n) is 6.26. The molecule has 0 bridgehead atoms. The van der Waals surface area contributed by atoms with Gasteiger partial charge in [0.1, 0.15) is 5.37 Å². The third kappa shape index (κ3) is 2.47. The third-order valence-corrected chi connectivity index (χ3v) is 5.36. The highest BCUT2D eigenvalue weighted by molar-refractivity contribution is 9.10. The fourth-order valence-electron chi connectivity index (χ4n) is 2.25. The number of pyridine rings is 1. The summed E-state index contributed by atoms with van der Waals surface area (Å²) in [5, 5.41) is 0.0109. The summed E-state index contributed by atoms with van der Waals surface area (Å²) in [5.74, 6) is 0.653. The van der Waals surface area contributed by atoms with Crippen molar-refractivity contribution >= 4 is 39.3 Å². The van der Waals surface area contributed by atoms with Gasteiger partial charge in [-0.25, -0.2) is 0 Å². The van der Waals surface area contributed by atoms with Crippen molar-refractivity contribution in [2.45, 2.75) is 12.3 Å². The maximum atomic E-state index is 12.2. The Morgan fingerprint density at radius 3 is 2.95 bits per heavy atom. The average molecular weight is 349 g/mol. The molecule has 2 aromatic rings. The van der Waals surface area contributed by atoms with E-state index in [0.717, 1.165) is 21.3 Å². The van der Waals surface area contributed by atoms with Crippen molar-refractivity contribution in [3.8, 4) is 0 Å². The Balaban J connectivity index is 2.00. The van der Waals surface area contributed by atoms with Crippen molar-refractivity contribution in [3.05, 3.63) is 58.3 Å². The highest BCUT2D eigenvalue weighted by Crippen LogP contribution is 2.41. The minimum Gasteiger partial charge on any atom is -0.295 e. The van der Waals surface area contributed by atoms with E-state index < -0.39 is 0 Å². The van der Waals surface area contributed by atoms with Gasteiger partial charge in [0.05, 0.1) is 5.75 Å². The van der Waals surface area contributed by atoms with Crippen LogP contribution in [0.25, 0.3) is 0 Å². The SMILES string of the molecule is Cc1cc(N2C(=O)CS[C@H]2c2cccnc2)ccc1Br. The van der Waals surface area contributed by atoms with E-state index in [-0.39, 0.29) is 11.3 Å². The van der Waals surface area contributed by atoms with E-state index in [4.69, 9.17) is 0 Å². The lowest BCUT2D eigenvalue weighted by molar-refractivity contribution is -0.115. The van der Waals surface area contributed by atoms with Crippen molar-refractivity contribution in [3.63, 3.8) is 0 Å². The highest BCUT2D eigenvalue weighted by atomic mass is 79.9. The summed E-state index contributed by atoms with van der Waals surface area (Å²) in [6, 6.07) is 9.92. The number of carbonyl (C=O) groups excluding carboxylic acids is 1. The second kappa shape index (κ2) is 5.58. The molecule has 1 atom stereocenters. The van der Waals surface area contributed by atoms with Crippen LogP contribution in [0.4, 0.5) is 5.69 Å². The molecule has 5 heteroatoms. The summed E-state index contributed by atoms with van der Waals surface area (Å²) in [4.78, 5) is 18.2. The second-order valence-corrected chi connectivity index (χ2v) is 6.57. The summed E-state index contributed by atoms with van der Waals surface area (Å²) >= 11 is 5.14. The Morgan fingerprint density at radius 2 is 2.25 bits per heavy atom. The van der Waals surface area contributed by atoms with Crippen LogP contribution in [0.15, 0.2) is 47.2 Å². The van der Waals surface area contributed by atoms with E-state index in [9.17, 15) is 4.79 Å². The topological polar surface area (TPSA) is 33.2 Å². The van der Waals surface area contributed by atoms with Gasteiger partial charge in [0.15, 0.2) is 0 Å². The zero-order chi connectivity index (χ0) is 14.1. The summed E-state index contributed by atoms with van der Waals surface area (Å²) in [7, 11) is 0. The van der Waals surface area contributed by atoms with Crippen molar-refractivity contribution in [1.82, 2.24) is 4.98 Å². The molecule has 1 aromatic heterocycles. The Kier molecular flexibility index (Phi) is 3.81. The molecule has 1 fully saturated rings. The Morgan fingerprint density at radius 1 is 1.40 bits per heavy atom. The van der Waals surface area contributed by atoms with E-state index in [0.29, 0.717) is 5.75 Å². The number of carbonyl (C=O) groups is 1. The van der Waals surface area contributed by atoms with Gasteiger partial charge in [-0.05, 0) is 36.8 Å². The van der Waals surface area contributed by atoms with Crippen LogP contribution in [0, 0.1) is 6.92 Å². The van der Waals surface area contributed by atoms with Gasteiger partial charge in [-0.15, -0.1) is 11.8 Å². The van der Waals surface area contributed by atoms with E-state index in [1.807, 2.05) is 48.4 Å². The number of rotatable bonds is 2. The van der Waals surface area contributed by atoms with Gasteiger partial charge in [0.2, 0.25) is 5.91 Å². The molecular formula is C15H13BrN2OS. The maximum Gasteiger partial charge on any atom is 0.238 e. The van der Waals surface area contributed by atoms with E-state index >= 15 is 0 Å². The molecule has 0 aliphatic carbocycles. The van der Waals surface area contributed by atoms with Crippen LogP contribution in [-0.2, 0) is 4.79 Å². The molecule has 0 unspecified atom stereocenters. The second-order valence-electron chi connectivity index (χ2n) is 4.65. The first-order chi connectivity index (χ1) is 9.66. The first-order valence-corrected chi connectivity index (χ1v) is 8.11. The number of hydrogen-bond acceptors (Lipinski definition) is 3. The van der Waals surface area contributed by atoms with Crippen LogP contribution < -0.4 is 4.90 Å². The Bertz CT molecular complexity index is 648. The van der Waals surface area contributed by atoms with Crippen LogP contribution in [0.2, 0.25) is 0 Å². The smallest absolute Gasteiger partial charge is 0.238 e. The zero-order valence-corrected chi connectivity index (χ0v) is 13.3. The van der Waals surface area contributed by atoms with Crippen LogP contribution in [-0.4, -0.2) is 16.6 Å². The fourth-order valence-corrected chi connectivity index (χ4v) is 3.66. The quantitative estimate of drug-likeness (QED) is 0.824. The largest absolute Gasteiger partial charge is 0.295 e. The lowest BCUT2D eigenvalue weighted by Gasteiger charge is -2.24. The molecule has 1 aliphatic rings. The number of aryl methyl sites for hydroxylation is 1. The van der Waals surface area contributed by atoms with Gasteiger partial charge in [-0.3, -0.25) is 14.7 Å². The first kappa shape index (κ1) is 13.6. The van der Waals surface area contributed by atoms with E-state index in [1.54, 1.807) is 18.0 Å². The zero-order valence-electron chi connectivity index (χ0n) is 10.9. The maximum absolute atomic E-state index is 12.2. The van der Waals surface area contributed by atoms with Gasteiger partial charge in [0.25, 0.3) is 0 Å². The number of benzene rings is 1. The molecule has 1 aromatic carbocycles. The summed E-state index contributed by atoms with van der Waals surface area (Å²) in [6.45, 7) is 2.03. The number of anilines is 1. The minimum absolute atomic E-state index is 0.0109. The molecule has 3 nitrogen and oxygen atoms in total. The number of nitrogens with zero attached hydrogens (tertiary/aromatic N) is 2. The minimum atomic E-state index is 0.0109. The lowest BCUT2D eigenvalue weighted by atomic mass is 10.2. The predicted molar refractivity (Wildman–Crippen MR) is 85.8 cm³/mol. The standard InChI is InChI=1S/C15H13BrN2OS/c1-10-7-12(4-5-13(10)16)18-14(19)9-20-15(18)11-3-2-6-17-8-11/h2-8,15H,9H2,1H3/t15-/m0/s1. The van der Waals surface area contributed by atoms with E-state index in [1.165, 1.54) is 0 Å². The van der Waals surface area contributed by atoms with Gasteiger partial charge in [-0.2, -0.15) is 0 Å². The number of aromatic nitrogens is 1. The monoisotopic (exact) mass is 348 g/mol. The number of halogens is 1. The Hall–Kier alpha value is -1.33. The molecule has 0 radical (unpaired) electrons. The molecule has 1 aliphatic heterocycles. The van der Waals surface area contributed by atoms with E-state index in [2.05, 4.69) is 20.9 Å². The van der Waals surface area contributed by atoms with Gasteiger partial charge >= 0.3 is 0 Å². The molecule has 1 amide bonds. The molecule has 20 heavy (non-hydrogen) atoms.